The fraction of sp³-hybridized carbons (Fsp3) is 1.00. The average Bonchev–Trinajstić information content (AvgIpc) is 2.21. The topological polar surface area (TPSA) is 103 Å². The number of hydrogen-bond acceptors (Lipinski definition) is 2. The van der Waals surface area contributed by atoms with Gasteiger partial charge in [0.1, 0.15) is 0 Å². The summed E-state index contributed by atoms with van der Waals surface area (Å²) in [6.45, 7) is 5.05. The van der Waals surface area contributed by atoms with Gasteiger partial charge in [-0.15, -0.1) is 0 Å². The van der Waals surface area contributed by atoms with Crippen molar-refractivity contribution in [3.8, 4) is 0 Å². The molecule has 5 heteroatoms. The molecule has 0 unspecified atom stereocenters. The second kappa shape index (κ2) is 36.0. The van der Waals surface area contributed by atoms with Crippen molar-refractivity contribution >= 4 is 0 Å². The zero-order valence-corrected chi connectivity index (χ0v) is 13.9. The van der Waals surface area contributed by atoms with Gasteiger partial charge in [0.25, 0.3) is 0 Å². The summed E-state index contributed by atoms with van der Waals surface area (Å²) in [7, 11) is 0. The van der Waals surface area contributed by atoms with Crippen LogP contribution in [0.3, 0.4) is 0 Å². The summed E-state index contributed by atoms with van der Waals surface area (Å²) in [5.74, 6) is 0. The standard InChI is InChI=1S/2C6H14O.2H2O.Zr/c2*1-2-3-4-5-6-7;;;/h2*7H,2-6H2,1H3;2*1H2;. The molecule has 0 aliphatic carbocycles. The van der Waals surface area contributed by atoms with Crippen LogP contribution >= 0.6 is 0 Å². The normalized spacial score (nSPS) is 7.76. The third-order valence-corrected chi connectivity index (χ3v) is 2.02. The maximum atomic E-state index is 8.29. The van der Waals surface area contributed by atoms with Gasteiger partial charge in [-0.1, -0.05) is 52.4 Å². The van der Waals surface area contributed by atoms with Crippen molar-refractivity contribution in [3.63, 3.8) is 0 Å². The Morgan fingerprint density at radius 3 is 1.06 bits per heavy atom. The summed E-state index contributed by atoms with van der Waals surface area (Å²) >= 11 is 0. The fourth-order valence-electron chi connectivity index (χ4n) is 1.08. The van der Waals surface area contributed by atoms with E-state index < -0.39 is 0 Å². The van der Waals surface area contributed by atoms with Gasteiger partial charge in [0, 0.05) is 39.4 Å². The first kappa shape index (κ1) is 30.6. The molecule has 17 heavy (non-hydrogen) atoms. The summed E-state index contributed by atoms with van der Waals surface area (Å²) in [4.78, 5) is 0. The Morgan fingerprint density at radius 2 is 0.882 bits per heavy atom. The average molecular weight is 332 g/mol. The number of aliphatic hydroxyl groups excluding tert-OH is 2. The van der Waals surface area contributed by atoms with Gasteiger partial charge in [-0.3, -0.25) is 0 Å². The van der Waals surface area contributed by atoms with E-state index in [2.05, 4.69) is 13.8 Å². The Morgan fingerprint density at radius 1 is 0.588 bits per heavy atom. The maximum Gasteiger partial charge on any atom is 0.0431 e. The Balaban J connectivity index is -0.0000000480. The van der Waals surface area contributed by atoms with Gasteiger partial charge in [-0.25, -0.2) is 0 Å². The molecule has 0 radical (unpaired) electrons. The van der Waals surface area contributed by atoms with Crippen LogP contribution in [0.5, 0.6) is 0 Å². The Hall–Kier alpha value is 0.723. The van der Waals surface area contributed by atoms with Gasteiger partial charge >= 0.3 is 0 Å². The second-order valence-corrected chi connectivity index (χ2v) is 3.57. The van der Waals surface area contributed by atoms with Crippen molar-refractivity contribution in [1.29, 1.82) is 0 Å². The number of rotatable bonds is 8. The molecule has 108 valence electrons. The summed E-state index contributed by atoms with van der Waals surface area (Å²) < 4.78 is 0. The summed E-state index contributed by atoms with van der Waals surface area (Å²) in [5.41, 5.74) is 0. The Bertz CT molecular complexity index is 66.9. The predicted molar refractivity (Wildman–Crippen MR) is 69.7 cm³/mol. The van der Waals surface area contributed by atoms with Crippen molar-refractivity contribution in [1.82, 2.24) is 0 Å². The molecule has 0 fully saturated rings. The number of unbranched alkanes of at least 4 members (excludes halogenated alkanes) is 6. The number of hydrogen-bond donors (Lipinski definition) is 2. The summed E-state index contributed by atoms with van der Waals surface area (Å²) in [6, 6.07) is 0. The third kappa shape index (κ3) is 47.6. The van der Waals surface area contributed by atoms with E-state index in [1.165, 1.54) is 38.5 Å². The molecule has 0 amide bonds. The van der Waals surface area contributed by atoms with Crippen molar-refractivity contribution in [2.45, 2.75) is 65.2 Å². The van der Waals surface area contributed by atoms with Crippen LogP contribution in [-0.2, 0) is 26.2 Å². The summed E-state index contributed by atoms with van der Waals surface area (Å²) in [5, 5.41) is 16.6. The van der Waals surface area contributed by atoms with Crippen molar-refractivity contribution < 1.29 is 47.4 Å². The molecule has 0 heterocycles. The molecule has 0 saturated heterocycles. The molecule has 6 N–H and O–H groups in total. The van der Waals surface area contributed by atoms with Crippen LogP contribution in [-0.4, -0.2) is 34.4 Å². The first-order chi connectivity index (χ1) is 6.83. The van der Waals surface area contributed by atoms with Gasteiger partial charge < -0.3 is 21.2 Å². The molecule has 0 aliphatic heterocycles. The molecule has 4 nitrogen and oxygen atoms in total. The van der Waals surface area contributed by atoms with Crippen molar-refractivity contribution in [2.24, 2.45) is 0 Å². The monoisotopic (exact) mass is 330 g/mol. The van der Waals surface area contributed by atoms with Gasteiger partial charge in [-0.05, 0) is 12.8 Å². The number of aliphatic hydroxyl groups is 2. The smallest absolute Gasteiger partial charge is 0.0431 e. The molecule has 0 aromatic carbocycles. The molecule has 0 aromatic rings. The van der Waals surface area contributed by atoms with Gasteiger partial charge in [0.2, 0.25) is 0 Å². The van der Waals surface area contributed by atoms with E-state index in [0.29, 0.717) is 13.2 Å². The largest absolute Gasteiger partial charge is 0.412 e. The van der Waals surface area contributed by atoms with Crippen LogP contribution in [0.1, 0.15) is 65.2 Å². The van der Waals surface area contributed by atoms with Crippen molar-refractivity contribution in [3.05, 3.63) is 0 Å². The molecule has 0 aliphatic rings. The zero-order chi connectivity index (χ0) is 11.1. The third-order valence-electron chi connectivity index (χ3n) is 2.02. The molecule has 0 rings (SSSR count). The molecule has 0 bridgehead atoms. The van der Waals surface area contributed by atoms with Gasteiger partial charge in [0.05, 0.1) is 0 Å². The van der Waals surface area contributed by atoms with E-state index in [9.17, 15) is 0 Å². The minimum atomic E-state index is 0. The van der Waals surface area contributed by atoms with Gasteiger partial charge in [-0.2, -0.15) is 0 Å². The molecule has 0 spiro atoms. The first-order valence-electron chi connectivity index (χ1n) is 6.05. The van der Waals surface area contributed by atoms with Gasteiger partial charge in [0.15, 0.2) is 0 Å². The van der Waals surface area contributed by atoms with E-state index in [0.717, 1.165) is 12.8 Å². The molecule has 0 saturated carbocycles. The Labute approximate surface area is 126 Å². The SMILES string of the molecule is CCCCCCO.CCCCCCO.O.O.[Zr]. The Kier molecular flexibility index (Phi) is 64.8. The minimum Gasteiger partial charge on any atom is -0.412 e. The predicted octanol–water partition coefficient (Wildman–Crippen LogP) is 1.47. The first-order valence-corrected chi connectivity index (χ1v) is 6.05. The van der Waals surface area contributed by atoms with Crippen LogP contribution in [0.2, 0.25) is 0 Å². The van der Waals surface area contributed by atoms with E-state index in [1.54, 1.807) is 0 Å². The minimum absolute atomic E-state index is 0. The van der Waals surface area contributed by atoms with E-state index in [-0.39, 0.29) is 37.2 Å². The zero-order valence-electron chi connectivity index (χ0n) is 11.5. The molecular weight excluding hydrogens is 299 g/mol. The maximum absolute atomic E-state index is 8.29. The van der Waals surface area contributed by atoms with E-state index in [1.807, 2.05) is 0 Å². The molecular formula is C12H32O4Zr. The second-order valence-electron chi connectivity index (χ2n) is 3.57. The van der Waals surface area contributed by atoms with Crippen LogP contribution in [0.15, 0.2) is 0 Å². The van der Waals surface area contributed by atoms with Crippen LogP contribution in [0, 0.1) is 0 Å². The van der Waals surface area contributed by atoms with E-state index >= 15 is 0 Å². The van der Waals surface area contributed by atoms with Crippen molar-refractivity contribution in [2.75, 3.05) is 13.2 Å². The van der Waals surface area contributed by atoms with Crippen LogP contribution < -0.4 is 0 Å². The van der Waals surface area contributed by atoms with Crippen LogP contribution in [0.25, 0.3) is 0 Å². The summed E-state index contributed by atoms with van der Waals surface area (Å²) in [6.07, 6.45) is 9.36. The fourth-order valence-corrected chi connectivity index (χ4v) is 1.08. The van der Waals surface area contributed by atoms with Crippen LogP contribution in [0.4, 0.5) is 0 Å². The quantitative estimate of drug-likeness (QED) is 0.658. The molecule has 0 atom stereocenters. The molecule has 0 aromatic heterocycles. The van der Waals surface area contributed by atoms with E-state index in [4.69, 9.17) is 10.2 Å².